The molecule has 2 rings (SSSR count). The second-order valence-electron chi connectivity index (χ2n) is 7.39. The highest BCUT2D eigenvalue weighted by atomic mass is 15.3. The summed E-state index contributed by atoms with van der Waals surface area (Å²) in [6.45, 7) is 16.7. The maximum absolute atomic E-state index is 4.72. The lowest BCUT2D eigenvalue weighted by molar-refractivity contribution is 0.0151. The smallest absolute Gasteiger partial charge is 0.0765 e. The van der Waals surface area contributed by atoms with Gasteiger partial charge in [0.1, 0.15) is 0 Å². The number of hydrogen-bond donors (Lipinski definition) is 1. The van der Waals surface area contributed by atoms with Crippen molar-refractivity contribution in [2.24, 2.45) is 0 Å². The Morgan fingerprint density at radius 1 is 1.29 bits per heavy atom. The van der Waals surface area contributed by atoms with Gasteiger partial charge in [-0.25, -0.2) is 0 Å². The maximum Gasteiger partial charge on any atom is 0.0765 e. The van der Waals surface area contributed by atoms with Crippen molar-refractivity contribution in [2.45, 2.75) is 78.0 Å². The number of rotatable bonds is 5. The molecular weight excluding hydrogens is 260 g/mol. The molecule has 120 valence electrons. The number of piperazine rings is 1. The van der Waals surface area contributed by atoms with Crippen LogP contribution in [0.3, 0.4) is 0 Å². The quantitative estimate of drug-likeness (QED) is 0.904. The summed E-state index contributed by atoms with van der Waals surface area (Å²) in [5.41, 5.74) is 1.62. The van der Waals surface area contributed by atoms with E-state index in [9.17, 15) is 0 Å². The molecular formula is C17H32N4. The third-order valence-corrected chi connectivity index (χ3v) is 5.14. The molecule has 1 fully saturated rings. The van der Waals surface area contributed by atoms with Crippen molar-refractivity contribution in [1.29, 1.82) is 0 Å². The minimum Gasteiger partial charge on any atom is -0.308 e. The molecule has 0 saturated carbocycles. The van der Waals surface area contributed by atoms with Crippen molar-refractivity contribution < 1.29 is 0 Å². The van der Waals surface area contributed by atoms with Crippen LogP contribution in [0, 0.1) is 0 Å². The number of hydrogen-bond acceptors (Lipinski definition) is 3. The highest BCUT2D eigenvalue weighted by Crippen LogP contribution is 2.29. The van der Waals surface area contributed by atoms with Crippen LogP contribution in [0.15, 0.2) is 12.3 Å². The number of nitrogens with one attached hydrogen (secondary N) is 1. The SMILES string of the molecule is CCC1(CC)CN(Cc2ccn(C(C)C)n2)C(C)(C)CN1. The Bertz CT molecular complexity index is 457. The Morgan fingerprint density at radius 2 is 1.95 bits per heavy atom. The van der Waals surface area contributed by atoms with Gasteiger partial charge in [0, 0.05) is 43.0 Å². The van der Waals surface area contributed by atoms with Gasteiger partial charge in [-0.3, -0.25) is 9.58 Å². The molecule has 4 heteroatoms. The van der Waals surface area contributed by atoms with Gasteiger partial charge in [-0.1, -0.05) is 13.8 Å². The first-order valence-electron chi connectivity index (χ1n) is 8.36. The Balaban J connectivity index is 2.14. The molecule has 1 N–H and O–H groups in total. The van der Waals surface area contributed by atoms with Crippen LogP contribution < -0.4 is 5.32 Å². The summed E-state index contributed by atoms with van der Waals surface area (Å²) in [5, 5.41) is 8.52. The molecule has 1 saturated heterocycles. The number of aromatic nitrogens is 2. The van der Waals surface area contributed by atoms with Gasteiger partial charge >= 0.3 is 0 Å². The van der Waals surface area contributed by atoms with Crippen LogP contribution >= 0.6 is 0 Å². The largest absolute Gasteiger partial charge is 0.308 e. The van der Waals surface area contributed by atoms with Crippen LogP contribution in [0.25, 0.3) is 0 Å². The van der Waals surface area contributed by atoms with Crippen LogP contribution in [0.1, 0.15) is 66.1 Å². The molecule has 0 atom stereocenters. The molecule has 2 heterocycles. The van der Waals surface area contributed by atoms with Gasteiger partial charge in [0.05, 0.1) is 5.69 Å². The zero-order chi connectivity index (χ0) is 15.7. The molecule has 0 spiro atoms. The van der Waals surface area contributed by atoms with Crippen LogP contribution in [0.4, 0.5) is 0 Å². The Morgan fingerprint density at radius 3 is 2.48 bits per heavy atom. The molecule has 0 aromatic carbocycles. The fourth-order valence-electron chi connectivity index (χ4n) is 3.09. The van der Waals surface area contributed by atoms with E-state index in [1.54, 1.807) is 0 Å². The van der Waals surface area contributed by atoms with Crippen LogP contribution in [-0.4, -0.2) is 38.8 Å². The van der Waals surface area contributed by atoms with Crippen LogP contribution in [0.5, 0.6) is 0 Å². The van der Waals surface area contributed by atoms with Crippen LogP contribution in [-0.2, 0) is 6.54 Å². The second kappa shape index (κ2) is 6.09. The van der Waals surface area contributed by atoms with E-state index < -0.39 is 0 Å². The van der Waals surface area contributed by atoms with Crippen molar-refractivity contribution >= 4 is 0 Å². The summed E-state index contributed by atoms with van der Waals surface area (Å²) in [6, 6.07) is 2.60. The second-order valence-corrected chi connectivity index (χ2v) is 7.39. The highest BCUT2D eigenvalue weighted by molar-refractivity contribution is 5.06. The van der Waals surface area contributed by atoms with Gasteiger partial charge in [0.25, 0.3) is 0 Å². The van der Waals surface area contributed by atoms with E-state index in [1.165, 1.54) is 18.5 Å². The fourth-order valence-corrected chi connectivity index (χ4v) is 3.09. The van der Waals surface area contributed by atoms with E-state index in [0.29, 0.717) is 6.04 Å². The zero-order valence-electron chi connectivity index (χ0n) is 14.6. The predicted molar refractivity (Wildman–Crippen MR) is 88.4 cm³/mol. The summed E-state index contributed by atoms with van der Waals surface area (Å²) in [4.78, 5) is 2.60. The Labute approximate surface area is 129 Å². The molecule has 1 aliphatic rings. The molecule has 0 bridgehead atoms. The zero-order valence-corrected chi connectivity index (χ0v) is 14.6. The van der Waals surface area contributed by atoms with E-state index in [4.69, 9.17) is 5.10 Å². The van der Waals surface area contributed by atoms with Crippen molar-refractivity contribution in [3.8, 4) is 0 Å². The van der Waals surface area contributed by atoms with E-state index in [-0.39, 0.29) is 11.1 Å². The minimum atomic E-state index is 0.176. The molecule has 0 aliphatic carbocycles. The van der Waals surface area contributed by atoms with Gasteiger partial charge in [-0.15, -0.1) is 0 Å². The Hall–Kier alpha value is -0.870. The molecule has 0 radical (unpaired) electrons. The molecule has 21 heavy (non-hydrogen) atoms. The summed E-state index contributed by atoms with van der Waals surface area (Å²) in [7, 11) is 0. The van der Waals surface area contributed by atoms with E-state index in [2.05, 4.69) is 68.7 Å². The van der Waals surface area contributed by atoms with E-state index >= 15 is 0 Å². The molecule has 0 amide bonds. The third kappa shape index (κ3) is 3.49. The molecule has 4 nitrogen and oxygen atoms in total. The van der Waals surface area contributed by atoms with Gasteiger partial charge in [-0.05, 0) is 46.6 Å². The fraction of sp³-hybridized carbons (Fsp3) is 0.824. The average molecular weight is 292 g/mol. The molecule has 1 aromatic rings. The van der Waals surface area contributed by atoms with Gasteiger partial charge < -0.3 is 5.32 Å². The van der Waals surface area contributed by atoms with Gasteiger partial charge in [-0.2, -0.15) is 5.10 Å². The van der Waals surface area contributed by atoms with Gasteiger partial charge in [0.15, 0.2) is 0 Å². The first kappa shape index (κ1) is 16.5. The lowest BCUT2D eigenvalue weighted by atomic mass is 9.85. The maximum atomic E-state index is 4.72. The minimum absolute atomic E-state index is 0.176. The highest BCUT2D eigenvalue weighted by Gasteiger charge is 2.40. The topological polar surface area (TPSA) is 33.1 Å². The molecule has 0 unspecified atom stereocenters. The molecule has 1 aliphatic heterocycles. The van der Waals surface area contributed by atoms with Crippen molar-refractivity contribution in [1.82, 2.24) is 20.0 Å². The average Bonchev–Trinajstić information content (AvgIpc) is 2.90. The standard InChI is InChI=1S/C17H32N4/c1-7-17(8-2)13-20(16(5,6)12-18-17)11-15-9-10-21(19-15)14(3)4/h9-10,14,18H,7-8,11-13H2,1-6H3. The monoisotopic (exact) mass is 292 g/mol. The first-order chi connectivity index (χ1) is 9.82. The predicted octanol–water partition coefficient (Wildman–Crippen LogP) is 3.21. The van der Waals surface area contributed by atoms with Crippen LogP contribution in [0.2, 0.25) is 0 Å². The summed E-state index contributed by atoms with van der Waals surface area (Å²) >= 11 is 0. The number of nitrogens with zero attached hydrogens (tertiary/aromatic N) is 3. The lowest BCUT2D eigenvalue weighted by Crippen LogP contribution is -2.67. The van der Waals surface area contributed by atoms with Crippen molar-refractivity contribution in [3.05, 3.63) is 18.0 Å². The third-order valence-electron chi connectivity index (χ3n) is 5.14. The van der Waals surface area contributed by atoms with E-state index in [0.717, 1.165) is 19.6 Å². The van der Waals surface area contributed by atoms with E-state index in [1.807, 2.05) is 0 Å². The van der Waals surface area contributed by atoms with Crippen molar-refractivity contribution in [3.63, 3.8) is 0 Å². The molecule has 1 aromatic heterocycles. The summed E-state index contributed by atoms with van der Waals surface area (Å²) in [5.74, 6) is 0. The van der Waals surface area contributed by atoms with Crippen molar-refractivity contribution in [2.75, 3.05) is 13.1 Å². The summed E-state index contributed by atoms with van der Waals surface area (Å²) < 4.78 is 2.05. The first-order valence-corrected chi connectivity index (χ1v) is 8.36. The van der Waals surface area contributed by atoms with Gasteiger partial charge in [0.2, 0.25) is 0 Å². The summed E-state index contributed by atoms with van der Waals surface area (Å²) in [6.07, 6.45) is 4.45. The Kier molecular flexibility index (Phi) is 4.79. The lowest BCUT2D eigenvalue weighted by Gasteiger charge is -2.51. The normalized spacial score (nSPS) is 21.9.